The number of hydrogen-bond acceptors (Lipinski definition) is 5. The molecule has 0 amide bonds. The van der Waals surface area contributed by atoms with E-state index in [0.717, 1.165) is 11.1 Å². The van der Waals surface area contributed by atoms with E-state index in [1.165, 1.54) is 0 Å². The van der Waals surface area contributed by atoms with Crippen LogP contribution in [0.15, 0.2) is 60.7 Å². The lowest BCUT2D eigenvalue weighted by molar-refractivity contribution is -0.151. The Balaban J connectivity index is 1.53. The lowest BCUT2D eigenvalue weighted by Crippen LogP contribution is -2.38. The highest BCUT2D eigenvalue weighted by molar-refractivity contribution is 5.73. The number of aliphatic hydroxyl groups is 1. The van der Waals surface area contributed by atoms with E-state index in [4.69, 9.17) is 14.2 Å². The van der Waals surface area contributed by atoms with E-state index in [-0.39, 0.29) is 18.5 Å². The number of carbonyl (C=O) groups is 1. The highest BCUT2D eigenvalue weighted by Gasteiger charge is 2.54. The second-order valence-corrected chi connectivity index (χ2v) is 6.41. The summed E-state index contributed by atoms with van der Waals surface area (Å²) in [5.41, 5.74) is 1.77. The van der Waals surface area contributed by atoms with Crippen LogP contribution in [0.1, 0.15) is 23.7 Å². The first-order valence-electron chi connectivity index (χ1n) is 8.46. The Morgan fingerprint density at radius 1 is 1.08 bits per heavy atom. The van der Waals surface area contributed by atoms with Gasteiger partial charge in [0.1, 0.15) is 24.4 Å². The lowest BCUT2D eigenvalue weighted by atomic mass is 9.98. The van der Waals surface area contributed by atoms with Crippen molar-refractivity contribution in [3.8, 4) is 0 Å². The third-order valence-electron chi connectivity index (χ3n) is 4.72. The molecule has 5 heteroatoms. The quantitative estimate of drug-likeness (QED) is 0.847. The van der Waals surface area contributed by atoms with Gasteiger partial charge < -0.3 is 19.3 Å². The number of ether oxygens (including phenoxy) is 3. The Bertz CT molecular complexity index is 717. The van der Waals surface area contributed by atoms with Gasteiger partial charge in [-0.2, -0.15) is 0 Å². The van der Waals surface area contributed by atoms with Gasteiger partial charge in [0.15, 0.2) is 6.10 Å². The van der Waals surface area contributed by atoms with Gasteiger partial charge in [-0.3, -0.25) is 4.79 Å². The highest BCUT2D eigenvalue weighted by Crippen LogP contribution is 2.39. The Hall–Kier alpha value is -2.21. The van der Waals surface area contributed by atoms with Gasteiger partial charge in [-0.25, -0.2) is 0 Å². The molecule has 0 saturated carbocycles. The van der Waals surface area contributed by atoms with Gasteiger partial charge in [0.05, 0.1) is 13.0 Å². The number of carbonyl (C=O) groups excluding carboxylic acids is 1. The van der Waals surface area contributed by atoms with Gasteiger partial charge in [-0.15, -0.1) is 0 Å². The van der Waals surface area contributed by atoms with Gasteiger partial charge in [-0.1, -0.05) is 60.7 Å². The predicted molar refractivity (Wildman–Crippen MR) is 89.6 cm³/mol. The van der Waals surface area contributed by atoms with Gasteiger partial charge in [-0.05, 0) is 11.1 Å². The van der Waals surface area contributed by atoms with Crippen molar-refractivity contribution in [1.82, 2.24) is 0 Å². The van der Waals surface area contributed by atoms with Crippen molar-refractivity contribution in [2.45, 2.75) is 43.5 Å². The molecule has 0 spiro atoms. The number of esters is 1. The molecule has 5 nitrogen and oxygen atoms in total. The minimum Gasteiger partial charge on any atom is -0.457 e. The van der Waals surface area contributed by atoms with Gasteiger partial charge in [0.25, 0.3) is 0 Å². The molecule has 25 heavy (non-hydrogen) atoms. The van der Waals surface area contributed by atoms with Gasteiger partial charge in [0, 0.05) is 0 Å². The summed E-state index contributed by atoms with van der Waals surface area (Å²) in [5, 5.41) is 10.8. The van der Waals surface area contributed by atoms with Crippen LogP contribution in [-0.4, -0.2) is 35.5 Å². The molecule has 130 valence electrons. The molecule has 0 bridgehead atoms. The standard InChI is InChI=1S/C20H20O5/c21-16-11-15-18(25-16)20(23-12-13-7-3-1-4-8-13)19(24-15)17(22)14-9-5-2-6-10-14/h1-10,15,17-20,22H,11-12H2/t15-,17+,18+,19-,20-/m1/s1. The Morgan fingerprint density at radius 3 is 2.48 bits per heavy atom. The summed E-state index contributed by atoms with van der Waals surface area (Å²) in [6.45, 7) is 0.369. The second-order valence-electron chi connectivity index (χ2n) is 6.41. The zero-order chi connectivity index (χ0) is 17.2. The van der Waals surface area contributed by atoms with E-state index >= 15 is 0 Å². The average molecular weight is 340 g/mol. The first-order chi connectivity index (χ1) is 12.2. The van der Waals surface area contributed by atoms with Crippen molar-refractivity contribution >= 4 is 5.97 Å². The van der Waals surface area contributed by atoms with Crippen LogP contribution in [0.25, 0.3) is 0 Å². The van der Waals surface area contributed by atoms with Crippen LogP contribution in [0.5, 0.6) is 0 Å². The van der Waals surface area contributed by atoms with E-state index in [2.05, 4.69) is 0 Å². The summed E-state index contributed by atoms with van der Waals surface area (Å²) in [6, 6.07) is 19.1. The fourth-order valence-electron chi connectivity index (χ4n) is 3.48. The Kier molecular flexibility index (Phi) is 4.53. The molecule has 2 fully saturated rings. The molecular formula is C20H20O5. The summed E-state index contributed by atoms with van der Waals surface area (Å²) in [6.07, 6.45) is -2.56. The summed E-state index contributed by atoms with van der Waals surface area (Å²) in [7, 11) is 0. The average Bonchev–Trinajstić information content (AvgIpc) is 3.17. The van der Waals surface area contributed by atoms with Crippen LogP contribution in [0.2, 0.25) is 0 Å². The summed E-state index contributed by atoms with van der Waals surface area (Å²) in [4.78, 5) is 11.6. The molecular weight excluding hydrogens is 320 g/mol. The number of benzene rings is 2. The van der Waals surface area contributed by atoms with Crippen LogP contribution in [-0.2, 0) is 25.6 Å². The Morgan fingerprint density at radius 2 is 1.76 bits per heavy atom. The lowest BCUT2D eigenvalue weighted by Gasteiger charge is -2.26. The third kappa shape index (κ3) is 3.31. The molecule has 2 aromatic carbocycles. The first kappa shape index (κ1) is 16.3. The third-order valence-corrected chi connectivity index (χ3v) is 4.72. The first-order valence-corrected chi connectivity index (χ1v) is 8.46. The number of fused-ring (bicyclic) bond motifs is 1. The SMILES string of the molecule is O=C1C[C@H]2O[C@H]([C@@H](O)c3ccccc3)[C@H](OCc3ccccc3)[C@H]2O1. The van der Waals surface area contributed by atoms with Gasteiger partial charge >= 0.3 is 5.97 Å². The fourth-order valence-corrected chi connectivity index (χ4v) is 3.48. The second kappa shape index (κ2) is 6.96. The van der Waals surface area contributed by atoms with Crippen molar-refractivity contribution in [2.75, 3.05) is 0 Å². The van der Waals surface area contributed by atoms with Crippen molar-refractivity contribution in [1.29, 1.82) is 0 Å². The highest BCUT2D eigenvalue weighted by atomic mass is 16.6. The summed E-state index contributed by atoms with van der Waals surface area (Å²) in [5.74, 6) is -0.282. The maximum atomic E-state index is 11.6. The molecule has 1 N–H and O–H groups in total. The molecule has 2 aromatic rings. The molecule has 2 heterocycles. The normalized spacial score (nSPS) is 29.2. The molecule has 0 aliphatic carbocycles. The largest absolute Gasteiger partial charge is 0.457 e. The van der Waals surface area contributed by atoms with Crippen molar-refractivity contribution in [3.63, 3.8) is 0 Å². The maximum Gasteiger partial charge on any atom is 0.309 e. The Labute approximate surface area is 146 Å². The monoisotopic (exact) mass is 340 g/mol. The van der Waals surface area contributed by atoms with Crippen LogP contribution in [0.3, 0.4) is 0 Å². The van der Waals surface area contributed by atoms with E-state index in [9.17, 15) is 9.90 Å². The smallest absolute Gasteiger partial charge is 0.309 e. The molecule has 5 atom stereocenters. The van der Waals surface area contributed by atoms with Crippen molar-refractivity contribution in [3.05, 3.63) is 71.8 Å². The molecule has 2 aliphatic heterocycles. The molecule has 4 rings (SSSR count). The van der Waals surface area contributed by atoms with Crippen molar-refractivity contribution in [2.24, 2.45) is 0 Å². The number of hydrogen-bond donors (Lipinski definition) is 1. The van der Waals surface area contributed by atoms with E-state index in [1.807, 2.05) is 60.7 Å². The minimum absolute atomic E-state index is 0.202. The zero-order valence-electron chi connectivity index (χ0n) is 13.7. The van der Waals surface area contributed by atoms with Crippen LogP contribution in [0.4, 0.5) is 0 Å². The molecule has 0 aromatic heterocycles. The van der Waals surface area contributed by atoms with E-state index in [1.54, 1.807) is 0 Å². The van der Waals surface area contributed by atoms with Crippen molar-refractivity contribution < 1.29 is 24.1 Å². The number of aliphatic hydroxyl groups excluding tert-OH is 1. The van der Waals surface area contributed by atoms with Crippen LogP contribution < -0.4 is 0 Å². The summed E-state index contributed by atoms with van der Waals surface area (Å²) < 4.78 is 17.4. The van der Waals surface area contributed by atoms with Gasteiger partial charge in [0.2, 0.25) is 0 Å². The van der Waals surface area contributed by atoms with E-state index in [0.29, 0.717) is 6.61 Å². The van der Waals surface area contributed by atoms with E-state index < -0.39 is 24.4 Å². The topological polar surface area (TPSA) is 65.0 Å². The van der Waals surface area contributed by atoms with Crippen LogP contribution in [0, 0.1) is 0 Å². The zero-order valence-corrected chi connectivity index (χ0v) is 13.7. The maximum absolute atomic E-state index is 11.6. The predicted octanol–water partition coefficient (Wildman–Crippen LogP) is 2.39. The summed E-state index contributed by atoms with van der Waals surface area (Å²) >= 11 is 0. The fraction of sp³-hybridized carbons (Fsp3) is 0.350. The molecule has 0 radical (unpaired) electrons. The number of rotatable bonds is 5. The minimum atomic E-state index is -0.841. The van der Waals surface area contributed by atoms with Crippen LogP contribution >= 0.6 is 0 Å². The molecule has 2 aliphatic rings. The molecule has 2 saturated heterocycles. The molecule has 0 unspecified atom stereocenters.